The number of hydrogen-bond acceptors (Lipinski definition) is 5. The zero-order valence-corrected chi connectivity index (χ0v) is 13.8. The van der Waals surface area contributed by atoms with E-state index in [1.165, 1.54) is 0 Å². The minimum absolute atomic E-state index is 0.0795. The summed E-state index contributed by atoms with van der Waals surface area (Å²) in [5.41, 5.74) is -0.797. The summed E-state index contributed by atoms with van der Waals surface area (Å²) in [5.74, 6) is 0. The Morgan fingerprint density at radius 1 is 1.39 bits per heavy atom. The number of nitrogens with zero attached hydrogens (tertiary/aromatic N) is 1. The van der Waals surface area contributed by atoms with Crippen molar-refractivity contribution in [3.05, 3.63) is 0 Å². The zero-order chi connectivity index (χ0) is 17.8. The van der Waals surface area contributed by atoms with E-state index in [0.29, 0.717) is 0 Å². The quantitative estimate of drug-likeness (QED) is 0.793. The first kappa shape index (κ1) is 20.0. The zero-order valence-electron chi connectivity index (χ0n) is 13.8. The van der Waals surface area contributed by atoms with Gasteiger partial charge in [0.05, 0.1) is 37.8 Å². The first-order valence-electron chi connectivity index (χ1n) is 7.40. The predicted octanol–water partition coefficient (Wildman–Crippen LogP) is 1.52. The standard InChI is InChI=1S/C14H25F3N2O4/c1-13(2,3)23-12(21)18-9(5-14(15,16)17)6-19(4)10-7-22-8-11(10)20/h9-11,20H,5-8H2,1-4H3,(H,18,21)/t9-,10-,11-/m1/s1. The Bertz CT molecular complexity index is 398. The molecule has 1 amide bonds. The van der Waals surface area contributed by atoms with E-state index < -0.39 is 42.5 Å². The highest BCUT2D eigenvalue weighted by atomic mass is 19.4. The average Bonchev–Trinajstić information content (AvgIpc) is 2.69. The molecule has 0 saturated carbocycles. The van der Waals surface area contributed by atoms with E-state index in [9.17, 15) is 23.1 Å². The summed E-state index contributed by atoms with van der Waals surface area (Å²) in [6, 6.07) is -1.58. The van der Waals surface area contributed by atoms with Crippen LogP contribution in [0.3, 0.4) is 0 Å². The molecule has 9 heteroatoms. The van der Waals surface area contributed by atoms with Crippen molar-refractivity contribution < 1.29 is 32.5 Å². The predicted molar refractivity (Wildman–Crippen MR) is 77.1 cm³/mol. The van der Waals surface area contributed by atoms with Crippen molar-refractivity contribution in [3.8, 4) is 0 Å². The van der Waals surface area contributed by atoms with Crippen LogP contribution in [0.15, 0.2) is 0 Å². The van der Waals surface area contributed by atoms with E-state index >= 15 is 0 Å². The van der Waals surface area contributed by atoms with Crippen LogP contribution in [0.4, 0.5) is 18.0 Å². The Kier molecular flexibility index (Phi) is 6.67. The molecule has 1 aliphatic rings. The number of alkyl carbamates (subject to hydrolysis) is 1. The van der Waals surface area contributed by atoms with Gasteiger partial charge in [-0.05, 0) is 27.8 Å². The third-order valence-electron chi connectivity index (χ3n) is 3.29. The molecule has 1 saturated heterocycles. The lowest BCUT2D eigenvalue weighted by molar-refractivity contribution is -0.141. The van der Waals surface area contributed by atoms with Crippen LogP contribution in [-0.4, -0.2) is 72.9 Å². The van der Waals surface area contributed by atoms with Gasteiger partial charge in [-0.15, -0.1) is 0 Å². The van der Waals surface area contributed by atoms with Crippen LogP contribution < -0.4 is 5.32 Å². The lowest BCUT2D eigenvalue weighted by atomic mass is 10.1. The fourth-order valence-corrected chi connectivity index (χ4v) is 2.35. The van der Waals surface area contributed by atoms with Crippen LogP contribution in [-0.2, 0) is 9.47 Å². The number of nitrogens with one attached hydrogen (secondary N) is 1. The van der Waals surface area contributed by atoms with Gasteiger partial charge in [0.1, 0.15) is 5.60 Å². The molecular weight excluding hydrogens is 317 g/mol. The Balaban J connectivity index is 2.66. The second-order valence-corrected chi connectivity index (χ2v) is 6.77. The Morgan fingerprint density at radius 2 is 2.00 bits per heavy atom. The summed E-state index contributed by atoms with van der Waals surface area (Å²) in [4.78, 5) is 13.3. The maximum Gasteiger partial charge on any atom is 0.407 e. The number of carbonyl (C=O) groups is 1. The van der Waals surface area contributed by atoms with Crippen molar-refractivity contribution >= 4 is 6.09 Å². The molecule has 1 fully saturated rings. The van der Waals surface area contributed by atoms with E-state index in [0.717, 1.165) is 0 Å². The van der Waals surface area contributed by atoms with Crippen molar-refractivity contribution in [2.75, 3.05) is 26.8 Å². The summed E-state index contributed by atoms with van der Waals surface area (Å²) in [5, 5.41) is 12.0. The van der Waals surface area contributed by atoms with Crippen LogP contribution in [0.5, 0.6) is 0 Å². The number of hydrogen-bond donors (Lipinski definition) is 2. The van der Waals surface area contributed by atoms with Gasteiger partial charge in [-0.1, -0.05) is 0 Å². The molecule has 0 aliphatic carbocycles. The van der Waals surface area contributed by atoms with Crippen molar-refractivity contribution in [1.29, 1.82) is 0 Å². The molecule has 0 aromatic heterocycles. The second-order valence-electron chi connectivity index (χ2n) is 6.77. The molecule has 1 rings (SSSR count). The van der Waals surface area contributed by atoms with E-state index in [2.05, 4.69) is 5.32 Å². The molecule has 0 aromatic rings. The molecule has 0 aromatic carbocycles. The van der Waals surface area contributed by atoms with Crippen LogP contribution in [0, 0.1) is 0 Å². The topological polar surface area (TPSA) is 71.0 Å². The van der Waals surface area contributed by atoms with E-state index in [1.54, 1.807) is 32.7 Å². The third kappa shape index (κ3) is 7.85. The highest BCUT2D eigenvalue weighted by Gasteiger charge is 2.36. The molecular formula is C14H25F3N2O4. The first-order chi connectivity index (χ1) is 10.4. The smallest absolute Gasteiger partial charge is 0.407 e. The molecule has 23 heavy (non-hydrogen) atoms. The number of amides is 1. The van der Waals surface area contributed by atoms with Gasteiger partial charge in [0.25, 0.3) is 0 Å². The van der Waals surface area contributed by atoms with Crippen molar-refractivity contribution in [3.63, 3.8) is 0 Å². The second kappa shape index (κ2) is 7.67. The number of alkyl halides is 3. The SMILES string of the molecule is CN(C[C@@H](CC(F)(F)F)NC(=O)OC(C)(C)C)[C@@H]1COC[C@H]1O. The molecule has 3 atom stereocenters. The van der Waals surface area contributed by atoms with Crippen LogP contribution in [0.1, 0.15) is 27.2 Å². The summed E-state index contributed by atoms with van der Waals surface area (Å²) in [7, 11) is 1.59. The number of aliphatic hydroxyl groups is 1. The molecule has 2 N–H and O–H groups in total. The van der Waals surface area contributed by atoms with Crippen LogP contribution in [0.25, 0.3) is 0 Å². The maximum absolute atomic E-state index is 12.7. The summed E-state index contributed by atoms with van der Waals surface area (Å²) in [6.45, 7) is 5.20. The molecule has 0 radical (unpaired) electrons. The normalized spacial score (nSPS) is 23.9. The van der Waals surface area contributed by atoms with Crippen LogP contribution >= 0.6 is 0 Å². The molecule has 0 spiro atoms. The highest BCUT2D eigenvalue weighted by molar-refractivity contribution is 5.68. The Hall–Kier alpha value is -1.06. The van der Waals surface area contributed by atoms with Gasteiger partial charge in [-0.2, -0.15) is 13.2 Å². The lowest BCUT2D eigenvalue weighted by Gasteiger charge is -2.31. The number of halogens is 3. The molecule has 6 nitrogen and oxygen atoms in total. The van der Waals surface area contributed by atoms with Crippen molar-refractivity contribution in [1.82, 2.24) is 10.2 Å². The van der Waals surface area contributed by atoms with Gasteiger partial charge in [0.15, 0.2) is 0 Å². The lowest BCUT2D eigenvalue weighted by Crippen LogP contribution is -2.50. The molecule has 0 unspecified atom stereocenters. The van der Waals surface area contributed by atoms with Gasteiger partial charge in [0, 0.05) is 6.54 Å². The van der Waals surface area contributed by atoms with E-state index in [4.69, 9.17) is 9.47 Å². The first-order valence-corrected chi connectivity index (χ1v) is 7.40. The van der Waals surface area contributed by atoms with E-state index in [1.807, 2.05) is 0 Å². The fourth-order valence-electron chi connectivity index (χ4n) is 2.35. The fraction of sp³-hybridized carbons (Fsp3) is 0.929. The number of aliphatic hydroxyl groups excluding tert-OH is 1. The average molecular weight is 342 g/mol. The minimum atomic E-state index is -4.43. The third-order valence-corrected chi connectivity index (χ3v) is 3.29. The number of ether oxygens (including phenoxy) is 2. The maximum atomic E-state index is 12.7. The molecule has 136 valence electrons. The molecule has 0 bridgehead atoms. The molecule has 1 aliphatic heterocycles. The van der Waals surface area contributed by atoms with Gasteiger partial charge in [-0.25, -0.2) is 4.79 Å². The van der Waals surface area contributed by atoms with Gasteiger partial charge >= 0.3 is 12.3 Å². The monoisotopic (exact) mass is 342 g/mol. The Labute approximate surface area is 133 Å². The number of likely N-dealkylation sites (N-methyl/N-ethyl adjacent to an activating group) is 1. The van der Waals surface area contributed by atoms with Gasteiger partial charge in [0.2, 0.25) is 0 Å². The summed E-state index contributed by atoms with van der Waals surface area (Å²) in [6.07, 6.45) is -7.26. The van der Waals surface area contributed by atoms with Crippen molar-refractivity contribution in [2.24, 2.45) is 0 Å². The number of rotatable bonds is 5. The highest BCUT2D eigenvalue weighted by Crippen LogP contribution is 2.23. The van der Waals surface area contributed by atoms with Crippen molar-refractivity contribution in [2.45, 2.75) is 57.2 Å². The largest absolute Gasteiger partial charge is 0.444 e. The number of carbonyl (C=O) groups excluding carboxylic acids is 1. The van der Waals surface area contributed by atoms with Crippen LogP contribution in [0.2, 0.25) is 0 Å². The Morgan fingerprint density at radius 3 is 2.43 bits per heavy atom. The van der Waals surface area contributed by atoms with E-state index in [-0.39, 0.29) is 19.8 Å². The van der Waals surface area contributed by atoms with Gasteiger partial charge < -0.3 is 19.9 Å². The summed E-state index contributed by atoms with van der Waals surface area (Å²) < 4.78 is 48.2. The van der Waals surface area contributed by atoms with Gasteiger partial charge in [-0.3, -0.25) is 4.90 Å². The molecule has 1 heterocycles. The summed E-state index contributed by atoms with van der Waals surface area (Å²) >= 11 is 0. The minimum Gasteiger partial charge on any atom is -0.444 e.